The molecule has 6 nitrogen and oxygen atoms in total. The van der Waals surface area contributed by atoms with Gasteiger partial charge in [-0.2, -0.15) is 0 Å². The summed E-state index contributed by atoms with van der Waals surface area (Å²) in [6.07, 6.45) is 4.49. The maximum atomic E-state index is 12.1. The van der Waals surface area contributed by atoms with E-state index in [-0.39, 0.29) is 18.4 Å². The van der Waals surface area contributed by atoms with Gasteiger partial charge in [-0.25, -0.2) is 4.79 Å². The minimum atomic E-state index is -0.772. The minimum Gasteiger partial charge on any atom is -0.481 e. The molecule has 0 saturated carbocycles. The molecule has 2 aliphatic rings. The van der Waals surface area contributed by atoms with E-state index >= 15 is 0 Å². The van der Waals surface area contributed by atoms with Gasteiger partial charge in [-0.05, 0) is 44.7 Å². The van der Waals surface area contributed by atoms with Gasteiger partial charge in [-0.3, -0.25) is 4.79 Å². The molecule has 2 fully saturated rings. The molecule has 2 heterocycles. The lowest BCUT2D eigenvalue weighted by molar-refractivity contribution is -0.138. The molecule has 1 unspecified atom stereocenters. The fourth-order valence-corrected chi connectivity index (χ4v) is 3.10. The fourth-order valence-electron chi connectivity index (χ4n) is 3.10. The highest BCUT2D eigenvalue weighted by Crippen LogP contribution is 2.19. The molecular weight excluding hydrogens is 258 g/mol. The quantitative estimate of drug-likeness (QED) is 0.789. The van der Waals surface area contributed by atoms with Crippen LogP contribution in [0.5, 0.6) is 0 Å². The van der Waals surface area contributed by atoms with Crippen molar-refractivity contribution in [2.75, 3.05) is 39.3 Å². The van der Waals surface area contributed by atoms with Crippen LogP contribution in [0.15, 0.2) is 0 Å². The SMILES string of the molecule is O=C(O)CC1CCCN(C(=O)NCCN2CCCC2)C1. The molecular formula is C14H25N3O3. The van der Waals surface area contributed by atoms with Crippen molar-refractivity contribution < 1.29 is 14.7 Å². The number of likely N-dealkylation sites (tertiary alicyclic amines) is 2. The van der Waals surface area contributed by atoms with Crippen LogP contribution < -0.4 is 5.32 Å². The van der Waals surface area contributed by atoms with E-state index in [1.54, 1.807) is 4.90 Å². The number of carboxylic acid groups (broad SMARTS) is 1. The van der Waals surface area contributed by atoms with E-state index in [0.717, 1.165) is 39.0 Å². The van der Waals surface area contributed by atoms with Crippen LogP contribution in [0.3, 0.4) is 0 Å². The summed E-state index contributed by atoms with van der Waals surface area (Å²) in [4.78, 5) is 26.9. The monoisotopic (exact) mass is 283 g/mol. The molecule has 2 N–H and O–H groups in total. The van der Waals surface area contributed by atoms with Crippen LogP contribution in [-0.2, 0) is 4.79 Å². The molecule has 0 spiro atoms. The number of nitrogens with zero attached hydrogens (tertiary/aromatic N) is 2. The highest BCUT2D eigenvalue weighted by molar-refractivity contribution is 5.74. The third-order valence-corrected chi connectivity index (χ3v) is 4.17. The number of urea groups is 1. The van der Waals surface area contributed by atoms with Crippen molar-refractivity contribution in [2.24, 2.45) is 5.92 Å². The van der Waals surface area contributed by atoms with E-state index in [2.05, 4.69) is 10.2 Å². The number of hydrogen-bond acceptors (Lipinski definition) is 3. The number of carbonyl (C=O) groups excluding carboxylic acids is 1. The second kappa shape index (κ2) is 7.47. The van der Waals surface area contributed by atoms with Crippen molar-refractivity contribution in [2.45, 2.75) is 32.1 Å². The lowest BCUT2D eigenvalue weighted by Crippen LogP contribution is -2.47. The number of aliphatic carboxylic acids is 1. The van der Waals surface area contributed by atoms with Crippen molar-refractivity contribution in [3.8, 4) is 0 Å². The largest absolute Gasteiger partial charge is 0.481 e. The van der Waals surface area contributed by atoms with Crippen LogP contribution in [0.1, 0.15) is 32.1 Å². The van der Waals surface area contributed by atoms with Gasteiger partial charge in [0.15, 0.2) is 0 Å². The Morgan fingerprint density at radius 3 is 2.60 bits per heavy atom. The predicted molar refractivity (Wildman–Crippen MR) is 75.6 cm³/mol. The first-order valence-electron chi connectivity index (χ1n) is 7.62. The summed E-state index contributed by atoms with van der Waals surface area (Å²) in [6, 6.07) is -0.0423. The minimum absolute atomic E-state index is 0.0423. The van der Waals surface area contributed by atoms with Crippen molar-refractivity contribution >= 4 is 12.0 Å². The fraction of sp³-hybridized carbons (Fsp3) is 0.857. The molecule has 2 amide bonds. The number of carbonyl (C=O) groups is 2. The van der Waals surface area contributed by atoms with E-state index in [1.165, 1.54) is 12.8 Å². The number of amides is 2. The summed E-state index contributed by atoms with van der Waals surface area (Å²) in [5.74, 6) is -0.670. The second-order valence-electron chi connectivity index (χ2n) is 5.83. The summed E-state index contributed by atoms with van der Waals surface area (Å²) in [5.41, 5.74) is 0. The van der Waals surface area contributed by atoms with Gasteiger partial charge in [0.25, 0.3) is 0 Å². The number of rotatable bonds is 5. The Balaban J connectivity index is 1.67. The van der Waals surface area contributed by atoms with Gasteiger partial charge >= 0.3 is 12.0 Å². The summed E-state index contributed by atoms with van der Waals surface area (Å²) in [7, 11) is 0. The topological polar surface area (TPSA) is 72.9 Å². The van der Waals surface area contributed by atoms with Gasteiger partial charge in [0.1, 0.15) is 0 Å². The van der Waals surface area contributed by atoms with Crippen molar-refractivity contribution in [3.63, 3.8) is 0 Å². The first-order chi connectivity index (χ1) is 9.65. The highest BCUT2D eigenvalue weighted by Gasteiger charge is 2.25. The average molecular weight is 283 g/mol. The van der Waals surface area contributed by atoms with Crippen molar-refractivity contribution in [3.05, 3.63) is 0 Å². The van der Waals surface area contributed by atoms with Crippen LogP contribution in [0, 0.1) is 5.92 Å². The summed E-state index contributed by atoms with van der Waals surface area (Å²) in [5, 5.41) is 11.8. The van der Waals surface area contributed by atoms with Crippen molar-refractivity contribution in [1.29, 1.82) is 0 Å². The van der Waals surface area contributed by atoms with Crippen LogP contribution >= 0.6 is 0 Å². The zero-order valence-corrected chi connectivity index (χ0v) is 12.0. The van der Waals surface area contributed by atoms with Gasteiger partial charge in [0.05, 0.1) is 0 Å². The molecule has 6 heteroatoms. The number of nitrogens with one attached hydrogen (secondary N) is 1. The lowest BCUT2D eigenvalue weighted by Gasteiger charge is -2.32. The van der Waals surface area contributed by atoms with Crippen LogP contribution in [0.2, 0.25) is 0 Å². The summed E-state index contributed by atoms with van der Waals surface area (Å²) < 4.78 is 0. The highest BCUT2D eigenvalue weighted by atomic mass is 16.4. The van der Waals surface area contributed by atoms with Gasteiger partial charge in [-0.1, -0.05) is 0 Å². The average Bonchev–Trinajstić information content (AvgIpc) is 2.91. The molecule has 1 atom stereocenters. The van der Waals surface area contributed by atoms with E-state index in [1.807, 2.05) is 0 Å². The molecule has 114 valence electrons. The Kier molecular flexibility index (Phi) is 5.64. The van der Waals surface area contributed by atoms with E-state index in [0.29, 0.717) is 13.1 Å². The van der Waals surface area contributed by atoms with E-state index in [4.69, 9.17) is 5.11 Å². The third kappa shape index (κ3) is 4.67. The molecule has 2 saturated heterocycles. The molecule has 0 aromatic heterocycles. The van der Waals surface area contributed by atoms with Gasteiger partial charge in [0, 0.05) is 32.6 Å². The lowest BCUT2D eigenvalue weighted by atomic mass is 9.95. The third-order valence-electron chi connectivity index (χ3n) is 4.17. The number of carboxylic acids is 1. The maximum absolute atomic E-state index is 12.1. The Labute approximate surface area is 120 Å². The van der Waals surface area contributed by atoms with Gasteiger partial charge in [-0.15, -0.1) is 0 Å². The zero-order valence-electron chi connectivity index (χ0n) is 12.0. The summed E-state index contributed by atoms with van der Waals surface area (Å²) >= 11 is 0. The summed E-state index contributed by atoms with van der Waals surface area (Å²) in [6.45, 7) is 5.19. The molecule has 0 bridgehead atoms. The van der Waals surface area contributed by atoms with E-state index < -0.39 is 5.97 Å². The molecule has 20 heavy (non-hydrogen) atoms. The zero-order chi connectivity index (χ0) is 14.4. The smallest absolute Gasteiger partial charge is 0.317 e. The second-order valence-corrected chi connectivity index (χ2v) is 5.83. The molecule has 0 aliphatic carbocycles. The molecule has 2 aliphatic heterocycles. The molecule has 2 rings (SSSR count). The maximum Gasteiger partial charge on any atom is 0.317 e. The first-order valence-corrected chi connectivity index (χ1v) is 7.62. The Morgan fingerprint density at radius 1 is 1.15 bits per heavy atom. The Morgan fingerprint density at radius 2 is 1.90 bits per heavy atom. The van der Waals surface area contributed by atoms with Crippen LogP contribution in [0.25, 0.3) is 0 Å². The standard InChI is InChI=1S/C14H25N3O3/c18-13(19)10-12-4-3-8-17(11-12)14(20)15-5-9-16-6-1-2-7-16/h12H,1-11H2,(H,15,20)(H,18,19). The normalized spacial score (nSPS) is 23.8. The van der Waals surface area contributed by atoms with Crippen molar-refractivity contribution in [1.82, 2.24) is 15.1 Å². The number of hydrogen-bond donors (Lipinski definition) is 2. The number of piperidine rings is 1. The van der Waals surface area contributed by atoms with E-state index in [9.17, 15) is 9.59 Å². The molecule has 0 aromatic carbocycles. The molecule has 0 radical (unpaired) electrons. The van der Waals surface area contributed by atoms with Crippen LogP contribution in [-0.4, -0.2) is 66.2 Å². The van der Waals surface area contributed by atoms with Gasteiger partial charge in [0.2, 0.25) is 0 Å². The Bertz CT molecular complexity index is 343. The van der Waals surface area contributed by atoms with Gasteiger partial charge < -0.3 is 20.2 Å². The first kappa shape index (κ1) is 15.1. The molecule has 0 aromatic rings. The predicted octanol–water partition coefficient (Wildman–Crippen LogP) is 0.978. The Hall–Kier alpha value is -1.30. The van der Waals surface area contributed by atoms with Crippen LogP contribution in [0.4, 0.5) is 4.79 Å².